The van der Waals surface area contributed by atoms with Crippen LogP contribution in [0.15, 0.2) is 36.7 Å². The lowest BCUT2D eigenvalue weighted by Crippen LogP contribution is -2.32. The van der Waals surface area contributed by atoms with Crippen molar-refractivity contribution in [3.05, 3.63) is 42.2 Å². The number of carbonyl (C=O) groups is 1. The van der Waals surface area contributed by atoms with E-state index in [-0.39, 0.29) is 0 Å². The highest BCUT2D eigenvalue weighted by atomic mass is 16.6. The first-order valence-corrected chi connectivity index (χ1v) is 7.24. The van der Waals surface area contributed by atoms with Crippen LogP contribution in [0.1, 0.15) is 32.8 Å². The van der Waals surface area contributed by atoms with Gasteiger partial charge in [-0.1, -0.05) is 24.0 Å². The van der Waals surface area contributed by atoms with Crippen LogP contribution in [0.5, 0.6) is 0 Å². The van der Waals surface area contributed by atoms with Crippen molar-refractivity contribution in [2.45, 2.75) is 32.8 Å². The van der Waals surface area contributed by atoms with Crippen molar-refractivity contribution in [3.63, 3.8) is 0 Å². The van der Waals surface area contributed by atoms with E-state index >= 15 is 0 Å². The number of amides is 1. The summed E-state index contributed by atoms with van der Waals surface area (Å²) in [6.45, 7) is 5.97. The summed E-state index contributed by atoms with van der Waals surface area (Å²) >= 11 is 0. The molecule has 4 heteroatoms. The van der Waals surface area contributed by atoms with Gasteiger partial charge in [-0.15, -0.1) is 0 Å². The van der Waals surface area contributed by atoms with E-state index in [1.54, 1.807) is 6.20 Å². The molecule has 1 amide bonds. The number of fused-ring (bicyclic) bond motifs is 1. The van der Waals surface area contributed by atoms with Gasteiger partial charge in [0.2, 0.25) is 0 Å². The molecule has 114 valence electrons. The number of hydrogen-bond acceptors (Lipinski definition) is 3. The van der Waals surface area contributed by atoms with Crippen LogP contribution in [0.2, 0.25) is 0 Å². The molecule has 1 aromatic carbocycles. The normalized spacial score (nSPS) is 10.7. The quantitative estimate of drug-likeness (QED) is 0.681. The van der Waals surface area contributed by atoms with Crippen molar-refractivity contribution >= 4 is 16.9 Å². The van der Waals surface area contributed by atoms with E-state index in [4.69, 9.17) is 4.74 Å². The molecule has 22 heavy (non-hydrogen) atoms. The molecule has 0 bridgehead atoms. The number of carbonyl (C=O) groups excluding carboxylic acids is 1. The molecule has 0 spiro atoms. The van der Waals surface area contributed by atoms with E-state index in [0.29, 0.717) is 13.0 Å². The zero-order chi connectivity index (χ0) is 16.0. The maximum Gasteiger partial charge on any atom is 0.407 e. The molecule has 2 rings (SSSR count). The van der Waals surface area contributed by atoms with Gasteiger partial charge in [-0.25, -0.2) is 4.79 Å². The van der Waals surface area contributed by atoms with E-state index in [1.165, 1.54) is 0 Å². The van der Waals surface area contributed by atoms with Gasteiger partial charge < -0.3 is 10.1 Å². The van der Waals surface area contributed by atoms with Gasteiger partial charge >= 0.3 is 6.09 Å². The van der Waals surface area contributed by atoms with Crippen LogP contribution >= 0.6 is 0 Å². The Hall–Kier alpha value is -2.54. The summed E-state index contributed by atoms with van der Waals surface area (Å²) in [5, 5.41) is 4.85. The van der Waals surface area contributed by atoms with Gasteiger partial charge in [0.25, 0.3) is 0 Å². The van der Waals surface area contributed by atoms with E-state index in [9.17, 15) is 4.79 Å². The van der Waals surface area contributed by atoms with Crippen LogP contribution in [-0.2, 0) is 4.74 Å². The molecule has 0 aliphatic heterocycles. The minimum atomic E-state index is -0.480. The average molecular weight is 296 g/mol. The number of ether oxygens (including phenoxy) is 1. The Kier molecular flexibility index (Phi) is 5.00. The van der Waals surface area contributed by atoms with Crippen molar-refractivity contribution in [2.75, 3.05) is 6.54 Å². The Bertz CT molecular complexity index is 716. The first-order valence-electron chi connectivity index (χ1n) is 7.24. The molecule has 1 aromatic heterocycles. The van der Waals surface area contributed by atoms with E-state index in [1.807, 2.05) is 51.2 Å². The van der Waals surface area contributed by atoms with Crippen LogP contribution in [-0.4, -0.2) is 23.2 Å². The molecule has 4 nitrogen and oxygen atoms in total. The van der Waals surface area contributed by atoms with Gasteiger partial charge in [0, 0.05) is 36.3 Å². The molecule has 0 aliphatic carbocycles. The van der Waals surface area contributed by atoms with Crippen LogP contribution in [0, 0.1) is 11.8 Å². The van der Waals surface area contributed by atoms with Gasteiger partial charge in [0.15, 0.2) is 0 Å². The van der Waals surface area contributed by atoms with Crippen molar-refractivity contribution in [2.24, 2.45) is 0 Å². The molecular formula is C18H20N2O2. The smallest absolute Gasteiger partial charge is 0.407 e. The minimum Gasteiger partial charge on any atom is -0.444 e. The van der Waals surface area contributed by atoms with E-state index in [2.05, 4.69) is 22.1 Å². The molecule has 0 atom stereocenters. The van der Waals surface area contributed by atoms with Crippen LogP contribution < -0.4 is 5.32 Å². The summed E-state index contributed by atoms with van der Waals surface area (Å²) in [7, 11) is 0. The Morgan fingerprint density at radius 3 is 2.91 bits per heavy atom. The molecule has 0 saturated carbocycles. The van der Waals surface area contributed by atoms with Gasteiger partial charge in [0.1, 0.15) is 5.60 Å². The molecule has 0 fully saturated rings. The second-order valence-electron chi connectivity index (χ2n) is 5.88. The third-order valence-corrected chi connectivity index (χ3v) is 2.82. The largest absolute Gasteiger partial charge is 0.444 e. The predicted octanol–water partition coefficient (Wildman–Crippen LogP) is 3.50. The summed E-state index contributed by atoms with van der Waals surface area (Å²) in [4.78, 5) is 15.6. The van der Waals surface area contributed by atoms with Crippen LogP contribution in [0.25, 0.3) is 10.8 Å². The average Bonchev–Trinajstić information content (AvgIpc) is 2.45. The van der Waals surface area contributed by atoms with Crippen molar-refractivity contribution < 1.29 is 9.53 Å². The zero-order valence-corrected chi connectivity index (χ0v) is 13.1. The van der Waals surface area contributed by atoms with Gasteiger partial charge in [0.05, 0.1) is 0 Å². The lowest BCUT2D eigenvalue weighted by Gasteiger charge is -2.19. The third kappa shape index (κ3) is 4.78. The molecular weight excluding hydrogens is 276 g/mol. The molecule has 0 saturated heterocycles. The molecule has 2 aromatic rings. The standard InChI is InChI=1S/C18H20N2O2/c1-18(2,3)22-17(21)20-11-5-4-7-14-8-6-9-15-10-12-19-13-16(14)15/h6,8-10,12-13H,5,11H2,1-3H3,(H,20,21). The summed E-state index contributed by atoms with van der Waals surface area (Å²) in [6.07, 6.45) is 3.74. The molecule has 0 aliphatic rings. The summed E-state index contributed by atoms with van der Waals surface area (Å²) in [5.74, 6) is 6.19. The summed E-state index contributed by atoms with van der Waals surface area (Å²) in [6, 6.07) is 7.94. The number of nitrogens with zero attached hydrogens (tertiary/aromatic N) is 1. The van der Waals surface area contributed by atoms with Gasteiger partial charge in [-0.05, 0) is 38.3 Å². The summed E-state index contributed by atoms with van der Waals surface area (Å²) in [5.41, 5.74) is 0.467. The molecule has 0 unspecified atom stereocenters. The van der Waals surface area contributed by atoms with Crippen molar-refractivity contribution in [1.29, 1.82) is 0 Å². The number of alkyl carbamates (subject to hydrolysis) is 1. The number of aromatic nitrogens is 1. The zero-order valence-electron chi connectivity index (χ0n) is 13.1. The number of nitrogens with one attached hydrogen (secondary N) is 1. The Morgan fingerprint density at radius 1 is 1.32 bits per heavy atom. The monoisotopic (exact) mass is 296 g/mol. The molecule has 0 radical (unpaired) electrons. The SMILES string of the molecule is CC(C)(C)OC(=O)NCCC#Cc1cccc2ccncc12. The topological polar surface area (TPSA) is 51.2 Å². The highest BCUT2D eigenvalue weighted by molar-refractivity contribution is 5.87. The number of hydrogen-bond donors (Lipinski definition) is 1. The van der Waals surface area contributed by atoms with Crippen LogP contribution in [0.3, 0.4) is 0 Å². The number of rotatable bonds is 2. The fourth-order valence-corrected chi connectivity index (χ4v) is 1.92. The minimum absolute atomic E-state index is 0.413. The molecule has 1 heterocycles. The van der Waals surface area contributed by atoms with E-state index < -0.39 is 11.7 Å². The predicted molar refractivity (Wildman–Crippen MR) is 87.5 cm³/mol. The highest BCUT2D eigenvalue weighted by Crippen LogP contribution is 2.16. The fraction of sp³-hybridized carbons (Fsp3) is 0.333. The lowest BCUT2D eigenvalue weighted by molar-refractivity contribution is 0.0529. The Morgan fingerprint density at radius 2 is 2.14 bits per heavy atom. The van der Waals surface area contributed by atoms with Gasteiger partial charge in [-0.2, -0.15) is 0 Å². The second-order valence-corrected chi connectivity index (χ2v) is 5.88. The number of benzene rings is 1. The van der Waals surface area contributed by atoms with Gasteiger partial charge in [-0.3, -0.25) is 4.98 Å². The fourth-order valence-electron chi connectivity index (χ4n) is 1.92. The maximum atomic E-state index is 11.5. The highest BCUT2D eigenvalue weighted by Gasteiger charge is 2.15. The van der Waals surface area contributed by atoms with Crippen LogP contribution in [0.4, 0.5) is 4.79 Å². The summed E-state index contributed by atoms with van der Waals surface area (Å²) < 4.78 is 5.15. The maximum absolute atomic E-state index is 11.5. The number of pyridine rings is 1. The first kappa shape index (κ1) is 15.8. The van der Waals surface area contributed by atoms with Crippen molar-refractivity contribution in [1.82, 2.24) is 10.3 Å². The van der Waals surface area contributed by atoms with E-state index in [0.717, 1.165) is 16.3 Å². The second kappa shape index (κ2) is 6.95. The Balaban J connectivity index is 1.90. The lowest BCUT2D eigenvalue weighted by atomic mass is 10.1. The Labute approximate surface area is 130 Å². The first-order chi connectivity index (χ1) is 10.5. The van der Waals surface area contributed by atoms with Crippen molar-refractivity contribution in [3.8, 4) is 11.8 Å². The molecule has 1 N–H and O–H groups in total. The third-order valence-electron chi connectivity index (χ3n) is 2.82.